The van der Waals surface area contributed by atoms with E-state index < -0.39 is 5.60 Å². The van der Waals surface area contributed by atoms with Crippen LogP contribution in [0.15, 0.2) is 48.5 Å². The highest BCUT2D eigenvalue weighted by atomic mass is 16.5. The number of hydrogen-bond acceptors (Lipinski definition) is 2. The summed E-state index contributed by atoms with van der Waals surface area (Å²) in [6, 6.07) is 15.6. The third kappa shape index (κ3) is 3.02. The Morgan fingerprint density at radius 3 is 2.40 bits per heavy atom. The fourth-order valence-electron chi connectivity index (χ4n) is 2.33. The standard InChI is InChI=1S/C18H22O2/c1-13(2)20-17-11-6-5-10-16(17)18(4,19)15-9-7-8-14(3)12-15/h5-13,19H,1-4H3. The quantitative estimate of drug-likeness (QED) is 0.908. The number of hydrogen-bond donors (Lipinski definition) is 1. The Morgan fingerprint density at radius 1 is 1.05 bits per heavy atom. The van der Waals surface area contributed by atoms with Crippen molar-refractivity contribution in [3.8, 4) is 5.75 Å². The first-order chi connectivity index (χ1) is 9.41. The van der Waals surface area contributed by atoms with Crippen LogP contribution in [0.1, 0.15) is 37.5 Å². The molecule has 1 unspecified atom stereocenters. The molecule has 106 valence electrons. The van der Waals surface area contributed by atoms with Gasteiger partial charge in [0.1, 0.15) is 11.4 Å². The molecule has 0 saturated carbocycles. The van der Waals surface area contributed by atoms with E-state index in [0.29, 0.717) is 0 Å². The molecule has 1 atom stereocenters. The first-order valence-electron chi connectivity index (χ1n) is 6.97. The first-order valence-corrected chi connectivity index (χ1v) is 6.97. The molecule has 0 heterocycles. The van der Waals surface area contributed by atoms with Gasteiger partial charge in [0.2, 0.25) is 0 Å². The molecule has 0 aliphatic rings. The molecule has 0 aromatic heterocycles. The lowest BCUT2D eigenvalue weighted by atomic mass is 9.87. The normalized spacial score (nSPS) is 14.1. The van der Waals surface area contributed by atoms with Gasteiger partial charge < -0.3 is 9.84 Å². The number of rotatable bonds is 4. The summed E-state index contributed by atoms with van der Waals surface area (Å²) in [5.41, 5.74) is 1.72. The summed E-state index contributed by atoms with van der Waals surface area (Å²) in [5.74, 6) is 0.731. The summed E-state index contributed by atoms with van der Waals surface area (Å²) in [4.78, 5) is 0. The Morgan fingerprint density at radius 2 is 1.75 bits per heavy atom. The number of aryl methyl sites for hydroxylation is 1. The third-order valence-electron chi connectivity index (χ3n) is 3.35. The summed E-state index contributed by atoms with van der Waals surface area (Å²) in [6.07, 6.45) is 0.0736. The van der Waals surface area contributed by atoms with Crippen LogP contribution in [0.3, 0.4) is 0 Å². The third-order valence-corrected chi connectivity index (χ3v) is 3.35. The molecule has 2 heteroatoms. The zero-order valence-corrected chi connectivity index (χ0v) is 12.6. The van der Waals surface area contributed by atoms with E-state index in [4.69, 9.17) is 4.74 Å². The summed E-state index contributed by atoms with van der Waals surface area (Å²) < 4.78 is 5.82. The van der Waals surface area contributed by atoms with E-state index >= 15 is 0 Å². The van der Waals surface area contributed by atoms with Gasteiger partial charge in [0.25, 0.3) is 0 Å². The van der Waals surface area contributed by atoms with Crippen LogP contribution in [0, 0.1) is 6.92 Å². The Kier molecular flexibility index (Phi) is 4.15. The van der Waals surface area contributed by atoms with Crippen LogP contribution in [0.5, 0.6) is 5.75 Å². The number of ether oxygens (including phenoxy) is 1. The number of para-hydroxylation sites is 1. The minimum absolute atomic E-state index is 0.0736. The topological polar surface area (TPSA) is 29.5 Å². The van der Waals surface area contributed by atoms with Crippen molar-refractivity contribution < 1.29 is 9.84 Å². The van der Waals surface area contributed by atoms with Crippen molar-refractivity contribution in [2.24, 2.45) is 0 Å². The van der Waals surface area contributed by atoms with E-state index in [9.17, 15) is 5.11 Å². The van der Waals surface area contributed by atoms with E-state index in [1.807, 2.05) is 76.2 Å². The van der Waals surface area contributed by atoms with E-state index in [0.717, 1.165) is 22.4 Å². The number of benzene rings is 2. The van der Waals surface area contributed by atoms with Gasteiger partial charge >= 0.3 is 0 Å². The van der Waals surface area contributed by atoms with Gasteiger partial charge in [-0.15, -0.1) is 0 Å². The van der Waals surface area contributed by atoms with Crippen LogP contribution < -0.4 is 4.74 Å². The Balaban J connectivity index is 2.48. The molecule has 2 aromatic carbocycles. The van der Waals surface area contributed by atoms with Crippen LogP contribution in [0.2, 0.25) is 0 Å². The second kappa shape index (κ2) is 5.68. The van der Waals surface area contributed by atoms with Gasteiger partial charge in [-0.05, 0) is 39.3 Å². The SMILES string of the molecule is Cc1cccc(C(C)(O)c2ccccc2OC(C)C)c1. The molecule has 0 bridgehead atoms. The lowest BCUT2D eigenvalue weighted by molar-refractivity contribution is 0.0957. The molecule has 20 heavy (non-hydrogen) atoms. The largest absolute Gasteiger partial charge is 0.491 e. The molecule has 0 saturated heterocycles. The Labute approximate surface area is 121 Å². The lowest BCUT2D eigenvalue weighted by Gasteiger charge is -2.27. The zero-order chi connectivity index (χ0) is 14.8. The first kappa shape index (κ1) is 14.6. The zero-order valence-electron chi connectivity index (χ0n) is 12.6. The van der Waals surface area contributed by atoms with Gasteiger partial charge in [-0.3, -0.25) is 0 Å². The predicted octanol–water partition coefficient (Wildman–Crippen LogP) is 4.04. The van der Waals surface area contributed by atoms with Gasteiger partial charge in [-0.2, -0.15) is 0 Å². The van der Waals surface area contributed by atoms with Crippen LogP contribution in [-0.4, -0.2) is 11.2 Å². The van der Waals surface area contributed by atoms with Crippen molar-refractivity contribution in [2.45, 2.75) is 39.4 Å². The molecule has 2 aromatic rings. The van der Waals surface area contributed by atoms with Crippen LogP contribution in [0.4, 0.5) is 0 Å². The molecule has 2 rings (SSSR count). The van der Waals surface area contributed by atoms with Crippen molar-refractivity contribution in [2.75, 3.05) is 0 Å². The second-order valence-corrected chi connectivity index (χ2v) is 5.60. The van der Waals surface area contributed by atoms with Gasteiger partial charge in [0, 0.05) is 5.56 Å². The second-order valence-electron chi connectivity index (χ2n) is 5.60. The maximum Gasteiger partial charge on any atom is 0.126 e. The molecule has 0 radical (unpaired) electrons. The minimum atomic E-state index is -1.07. The molecular formula is C18H22O2. The Hall–Kier alpha value is -1.80. The highest BCUT2D eigenvalue weighted by Crippen LogP contribution is 2.35. The van der Waals surface area contributed by atoms with Crippen LogP contribution in [0.25, 0.3) is 0 Å². The van der Waals surface area contributed by atoms with Gasteiger partial charge in [-0.25, -0.2) is 0 Å². The van der Waals surface area contributed by atoms with E-state index in [1.165, 1.54) is 0 Å². The molecule has 0 spiro atoms. The summed E-state index contributed by atoms with van der Waals surface area (Å²) in [6.45, 7) is 7.80. The van der Waals surface area contributed by atoms with E-state index in [1.54, 1.807) is 0 Å². The maximum absolute atomic E-state index is 11.0. The van der Waals surface area contributed by atoms with Crippen molar-refractivity contribution >= 4 is 0 Å². The molecule has 0 aliphatic carbocycles. The Bertz CT molecular complexity index is 585. The van der Waals surface area contributed by atoms with Crippen molar-refractivity contribution in [1.82, 2.24) is 0 Å². The molecular weight excluding hydrogens is 248 g/mol. The summed E-state index contributed by atoms with van der Waals surface area (Å²) in [5, 5.41) is 11.0. The summed E-state index contributed by atoms with van der Waals surface area (Å²) in [7, 11) is 0. The van der Waals surface area contributed by atoms with E-state index in [2.05, 4.69) is 0 Å². The molecule has 0 amide bonds. The maximum atomic E-state index is 11.0. The molecule has 0 fully saturated rings. The lowest BCUT2D eigenvalue weighted by Crippen LogP contribution is -2.24. The smallest absolute Gasteiger partial charge is 0.126 e. The van der Waals surface area contributed by atoms with Crippen LogP contribution in [-0.2, 0) is 5.60 Å². The highest BCUT2D eigenvalue weighted by molar-refractivity contribution is 5.44. The van der Waals surface area contributed by atoms with Crippen LogP contribution >= 0.6 is 0 Å². The average molecular weight is 270 g/mol. The van der Waals surface area contributed by atoms with Crippen molar-refractivity contribution in [1.29, 1.82) is 0 Å². The monoisotopic (exact) mass is 270 g/mol. The van der Waals surface area contributed by atoms with Gasteiger partial charge in [0.15, 0.2) is 0 Å². The molecule has 0 aliphatic heterocycles. The highest BCUT2D eigenvalue weighted by Gasteiger charge is 2.29. The molecule has 2 nitrogen and oxygen atoms in total. The van der Waals surface area contributed by atoms with E-state index in [-0.39, 0.29) is 6.10 Å². The number of aliphatic hydroxyl groups is 1. The molecule has 1 N–H and O–H groups in total. The fraction of sp³-hybridized carbons (Fsp3) is 0.333. The van der Waals surface area contributed by atoms with Gasteiger partial charge in [0.05, 0.1) is 6.10 Å². The average Bonchev–Trinajstić information content (AvgIpc) is 2.38. The minimum Gasteiger partial charge on any atom is -0.491 e. The fourth-order valence-corrected chi connectivity index (χ4v) is 2.33. The van der Waals surface area contributed by atoms with Gasteiger partial charge in [-0.1, -0.05) is 48.0 Å². The predicted molar refractivity (Wildman–Crippen MR) is 82.1 cm³/mol. The van der Waals surface area contributed by atoms with Crippen molar-refractivity contribution in [3.05, 3.63) is 65.2 Å². The van der Waals surface area contributed by atoms with Crippen molar-refractivity contribution in [3.63, 3.8) is 0 Å². The summed E-state index contributed by atoms with van der Waals surface area (Å²) >= 11 is 0.